The van der Waals surface area contributed by atoms with Crippen LogP contribution in [0.25, 0.3) is 0 Å². The van der Waals surface area contributed by atoms with E-state index in [0.717, 1.165) is 24.0 Å². The van der Waals surface area contributed by atoms with Crippen LogP contribution in [0.5, 0.6) is 0 Å². The largest absolute Gasteiger partial charge is 0.351 e. The Morgan fingerprint density at radius 2 is 2.08 bits per heavy atom. The molecule has 2 aromatic rings. The molecule has 2 heterocycles. The molecule has 138 valence electrons. The fraction of sp³-hybridized carbons (Fsp3) is 0.421. The van der Waals surface area contributed by atoms with Crippen molar-refractivity contribution in [2.75, 3.05) is 13.1 Å². The quantitative estimate of drug-likeness (QED) is 0.756. The summed E-state index contributed by atoms with van der Waals surface area (Å²) >= 11 is 0. The van der Waals surface area contributed by atoms with E-state index in [2.05, 4.69) is 15.5 Å². The molecular weight excluding hydrogens is 335 g/mol. The van der Waals surface area contributed by atoms with Gasteiger partial charge in [-0.1, -0.05) is 12.1 Å². The number of rotatable bonds is 8. The van der Waals surface area contributed by atoms with Crippen molar-refractivity contribution in [2.24, 2.45) is 0 Å². The van der Waals surface area contributed by atoms with E-state index in [1.165, 1.54) is 12.1 Å². The summed E-state index contributed by atoms with van der Waals surface area (Å²) in [6.45, 7) is 1.12. The Morgan fingerprint density at radius 3 is 2.81 bits per heavy atom. The van der Waals surface area contributed by atoms with Gasteiger partial charge in [0.1, 0.15) is 5.82 Å². The second-order valence-electron chi connectivity index (χ2n) is 6.64. The molecule has 1 saturated heterocycles. The van der Waals surface area contributed by atoms with Crippen LogP contribution in [0.1, 0.15) is 30.4 Å². The maximum atomic E-state index is 12.9. The number of carbonyl (C=O) groups excluding carboxylic acids is 2. The van der Waals surface area contributed by atoms with Crippen LogP contribution in [0.2, 0.25) is 0 Å². The van der Waals surface area contributed by atoms with Gasteiger partial charge in [0.2, 0.25) is 11.8 Å². The van der Waals surface area contributed by atoms with Crippen LogP contribution in [0, 0.1) is 5.82 Å². The molecule has 0 radical (unpaired) electrons. The first-order chi connectivity index (χ1) is 12.6. The SMILES string of the molecule is O=C(CCCc1cn[nH]c1)N[C@@H]1CC(=O)N(CCc2ccc(F)cc2)C1. The zero-order valence-corrected chi connectivity index (χ0v) is 14.6. The minimum absolute atomic E-state index is 0.0216. The van der Waals surface area contributed by atoms with Crippen molar-refractivity contribution in [1.29, 1.82) is 0 Å². The molecule has 26 heavy (non-hydrogen) atoms. The maximum absolute atomic E-state index is 12.9. The third-order valence-electron chi connectivity index (χ3n) is 4.59. The van der Waals surface area contributed by atoms with Gasteiger partial charge in [-0.3, -0.25) is 14.7 Å². The number of aromatic amines is 1. The summed E-state index contributed by atoms with van der Waals surface area (Å²) in [6, 6.07) is 6.18. The maximum Gasteiger partial charge on any atom is 0.224 e. The van der Waals surface area contributed by atoms with Gasteiger partial charge in [-0.25, -0.2) is 4.39 Å². The molecule has 1 aliphatic heterocycles. The molecule has 1 atom stereocenters. The Bertz CT molecular complexity index is 731. The lowest BCUT2D eigenvalue weighted by atomic mass is 10.1. The van der Waals surface area contributed by atoms with Crippen molar-refractivity contribution in [1.82, 2.24) is 20.4 Å². The number of likely N-dealkylation sites (tertiary alicyclic amines) is 1. The van der Waals surface area contributed by atoms with E-state index in [9.17, 15) is 14.0 Å². The number of carbonyl (C=O) groups is 2. The lowest BCUT2D eigenvalue weighted by Crippen LogP contribution is -2.37. The lowest BCUT2D eigenvalue weighted by molar-refractivity contribution is -0.127. The molecule has 1 aromatic carbocycles. The molecule has 3 rings (SSSR count). The Kier molecular flexibility index (Phi) is 5.99. The molecule has 0 spiro atoms. The smallest absolute Gasteiger partial charge is 0.224 e. The number of H-pyrrole nitrogens is 1. The van der Waals surface area contributed by atoms with Gasteiger partial charge in [0.25, 0.3) is 0 Å². The first kappa shape index (κ1) is 18.1. The van der Waals surface area contributed by atoms with Crippen molar-refractivity contribution < 1.29 is 14.0 Å². The first-order valence-electron chi connectivity index (χ1n) is 8.89. The molecule has 0 unspecified atom stereocenters. The molecule has 2 N–H and O–H groups in total. The number of nitrogens with one attached hydrogen (secondary N) is 2. The molecule has 0 aliphatic carbocycles. The highest BCUT2D eigenvalue weighted by atomic mass is 19.1. The second kappa shape index (κ2) is 8.60. The zero-order valence-electron chi connectivity index (χ0n) is 14.6. The molecular formula is C19H23FN4O2. The first-order valence-corrected chi connectivity index (χ1v) is 8.89. The molecule has 0 saturated carbocycles. The fourth-order valence-corrected chi connectivity index (χ4v) is 3.17. The highest BCUT2D eigenvalue weighted by molar-refractivity contribution is 5.82. The van der Waals surface area contributed by atoms with Crippen LogP contribution in [0.15, 0.2) is 36.7 Å². The van der Waals surface area contributed by atoms with E-state index < -0.39 is 0 Å². The van der Waals surface area contributed by atoms with Crippen molar-refractivity contribution in [3.63, 3.8) is 0 Å². The van der Waals surface area contributed by atoms with Crippen LogP contribution >= 0.6 is 0 Å². The summed E-state index contributed by atoms with van der Waals surface area (Å²) in [7, 11) is 0. The number of hydrogen-bond donors (Lipinski definition) is 2. The van der Waals surface area contributed by atoms with Crippen LogP contribution < -0.4 is 5.32 Å². The minimum atomic E-state index is -0.262. The van der Waals surface area contributed by atoms with E-state index in [0.29, 0.717) is 32.4 Å². The summed E-state index contributed by atoms with van der Waals surface area (Å²) in [5.74, 6) is -0.232. The number of nitrogens with zero attached hydrogens (tertiary/aromatic N) is 2. The summed E-state index contributed by atoms with van der Waals surface area (Å²) in [5, 5.41) is 9.58. The van der Waals surface area contributed by atoms with Gasteiger partial charge in [0.05, 0.1) is 12.2 Å². The van der Waals surface area contributed by atoms with Gasteiger partial charge in [-0.05, 0) is 42.5 Å². The summed E-state index contributed by atoms with van der Waals surface area (Å²) in [5.41, 5.74) is 2.08. The number of aromatic nitrogens is 2. The van der Waals surface area contributed by atoms with E-state index in [4.69, 9.17) is 0 Å². The highest BCUT2D eigenvalue weighted by Gasteiger charge is 2.30. The monoisotopic (exact) mass is 358 g/mol. The number of aryl methyl sites for hydroxylation is 1. The Labute approximate surface area is 151 Å². The van der Waals surface area contributed by atoms with E-state index in [1.54, 1.807) is 23.2 Å². The third kappa shape index (κ3) is 5.15. The van der Waals surface area contributed by atoms with Crippen LogP contribution in [-0.2, 0) is 22.4 Å². The van der Waals surface area contributed by atoms with E-state index in [1.807, 2.05) is 6.20 Å². The summed E-state index contributed by atoms with van der Waals surface area (Å²) < 4.78 is 12.9. The van der Waals surface area contributed by atoms with Crippen molar-refractivity contribution >= 4 is 11.8 Å². The lowest BCUT2D eigenvalue weighted by Gasteiger charge is -2.17. The van der Waals surface area contributed by atoms with Crippen LogP contribution in [-0.4, -0.2) is 46.0 Å². The topological polar surface area (TPSA) is 78.1 Å². The van der Waals surface area contributed by atoms with Gasteiger partial charge in [0, 0.05) is 32.1 Å². The van der Waals surface area contributed by atoms with Crippen LogP contribution in [0.3, 0.4) is 0 Å². The molecule has 1 aromatic heterocycles. The summed E-state index contributed by atoms with van der Waals surface area (Å²) in [4.78, 5) is 25.9. The van der Waals surface area contributed by atoms with Crippen LogP contribution in [0.4, 0.5) is 4.39 Å². The molecule has 2 amide bonds. The van der Waals surface area contributed by atoms with Gasteiger partial charge >= 0.3 is 0 Å². The normalized spacial score (nSPS) is 16.9. The number of halogens is 1. The highest BCUT2D eigenvalue weighted by Crippen LogP contribution is 2.13. The average Bonchev–Trinajstić information content (AvgIpc) is 3.24. The third-order valence-corrected chi connectivity index (χ3v) is 4.59. The molecule has 6 nitrogen and oxygen atoms in total. The number of benzene rings is 1. The molecule has 1 fully saturated rings. The zero-order chi connectivity index (χ0) is 18.4. The van der Waals surface area contributed by atoms with Crippen molar-refractivity contribution in [3.8, 4) is 0 Å². The van der Waals surface area contributed by atoms with Gasteiger partial charge in [-0.2, -0.15) is 5.10 Å². The molecule has 1 aliphatic rings. The van der Waals surface area contributed by atoms with E-state index in [-0.39, 0.29) is 23.7 Å². The number of amides is 2. The minimum Gasteiger partial charge on any atom is -0.351 e. The summed E-state index contributed by atoms with van der Waals surface area (Å²) in [6.07, 6.45) is 6.59. The second-order valence-corrected chi connectivity index (χ2v) is 6.64. The van der Waals surface area contributed by atoms with Gasteiger partial charge in [0.15, 0.2) is 0 Å². The average molecular weight is 358 g/mol. The predicted octanol–water partition coefficient (Wildman–Crippen LogP) is 1.83. The molecule has 7 heteroatoms. The predicted molar refractivity (Wildman–Crippen MR) is 94.8 cm³/mol. The van der Waals surface area contributed by atoms with Gasteiger partial charge in [-0.15, -0.1) is 0 Å². The fourth-order valence-electron chi connectivity index (χ4n) is 3.17. The molecule has 0 bridgehead atoms. The van der Waals surface area contributed by atoms with Gasteiger partial charge < -0.3 is 10.2 Å². The van der Waals surface area contributed by atoms with Crippen molar-refractivity contribution in [3.05, 3.63) is 53.6 Å². The van der Waals surface area contributed by atoms with E-state index >= 15 is 0 Å². The van der Waals surface area contributed by atoms with Crippen molar-refractivity contribution in [2.45, 2.75) is 38.1 Å². The Balaban J connectivity index is 1.38. The standard InChI is InChI=1S/C19H23FN4O2/c20-16-6-4-14(5-7-16)8-9-24-13-17(10-19(24)26)23-18(25)3-1-2-15-11-21-22-12-15/h4-7,11-12,17H,1-3,8-10,13H2,(H,21,22)(H,23,25)/t17-/m1/s1. The Hall–Kier alpha value is -2.70. The Morgan fingerprint density at radius 1 is 1.27 bits per heavy atom. The number of hydrogen-bond acceptors (Lipinski definition) is 3.